The molecule has 7 heteroatoms. The second-order valence-corrected chi connectivity index (χ2v) is 4.56. The lowest BCUT2D eigenvalue weighted by atomic mass is 10.3. The molecule has 0 aliphatic heterocycles. The number of benzene rings is 2. The Morgan fingerprint density at radius 3 is 2.57 bits per heavy atom. The van der Waals surface area contributed by atoms with E-state index < -0.39 is 10.8 Å². The Morgan fingerprint density at radius 1 is 1.19 bits per heavy atom. The number of carbonyl (C=O) groups is 1. The molecule has 0 heterocycles. The monoisotopic (exact) mass is 304 g/mol. The van der Waals surface area contributed by atoms with E-state index in [4.69, 9.17) is 4.74 Å². The molecule has 108 valence electrons. The van der Waals surface area contributed by atoms with Crippen molar-refractivity contribution in [3.63, 3.8) is 0 Å². The smallest absolute Gasteiger partial charge is 0.310 e. The van der Waals surface area contributed by atoms with Gasteiger partial charge < -0.3 is 10.1 Å². The van der Waals surface area contributed by atoms with Crippen LogP contribution in [0.3, 0.4) is 0 Å². The van der Waals surface area contributed by atoms with Gasteiger partial charge in [0, 0.05) is 11.0 Å². The molecule has 21 heavy (non-hydrogen) atoms. The van der Waals surface area contributed by atoms with Crippen molar-refractivity contribution in [1.82, 2.24) is 0 Å². The van der Waals surface area contributed by atoms with Gasteiger partial charge in [0.15, 0.2) is 12.4 Å². The molecule has 0 unspecified atom stereocenters. The van der Waals surface area contributed by atoms with Crippen LogP contribution in [0.5, 0.6) is 5.75 Å². The highest BCUT2D eigenvalue weighted by atomic mass is 32.1. The van der Waals surface area contributed by atoms with Crippen LogP contribution in [-0.4, -0.2) is 17.4 Å². The number of anilines is 1. The highest BCUT2D eigenvalue weighted by Crippen LogP contribution is 2.25. The molecule has 0 aliphatic carbocycles. The molecular weight excluding hydrogens is 292 g/mol. The molecule has 6 nitrogen and oxygen atoms in total. The summed E-state index contributed by atoms with van der Waals surface area (Å²) in [5.74, 6) is -0.369. The Balaban J connectivity index is 1.99. The first-order chi connectivity index (χ1) is 10.1. The van der Waals surface area contributed by atoms with Gasteiger partial charge in [-0.2, -0.15) is 0 Å². The van der Waals surface area contributed by atoms with Crippen LogP contribution in [0, 0.1) is 10.1 Å². The lowest BCUT2D eigenvalue weighted by Gasteiger charge is -2.09. The van der Waals surface area contributed by atoms with Crippen LogP contribution in [0.25, 0.3) is 0 Å². The summed E-state index contributed by atoms with van der Waals surface area (Å²) in [5.41, 5.74) is 0.372. The highest BCUT2D eigenvalue weighted by Gasteiger charge is 2.15. The number of nitrogens with one attached hydrogen (secondary N) is 1. The minimum absolute atomic E-state index is 0.0526. The zero-order chi connectivity index (χ0) is 15.2. The minimum atomic E-state index is -0.559. The normalized spacial score (nSPS) is 9.95. The fraction of sp³-hybridized carbons (Fsp3) is 0.0714. The second kappa shape index (κ2) is 6.76. The van der Waals surface area contributed by atoms with Crippen LogP contribution < -0.4 is 10.1 Å². The Labute approximate surface area is 126 Å². The first-order valence-corrected chi connectivity index (χ1v) is 6.46. The summed E-state index contributed by atoms with van der Waals surface area (Å²) in [6, 6.07) is 12.9. The van der Waals surface area contributed by atoms with Gasteiger partial charge in [0.2, 0.25) is 0 Å². The van der Waals surface area contributed by atoms with E-state index in [1.807, 2.05) is 0 Å². The summed E-state index contributed by atoms with van der Waals surface area (Å²) in [7, 11) is 0. The second-order valence-electron chi connectivity index (χ2n) is 4.08. The molecular formula is C14H12N2O4S. The highest BCUT2D eigenvalue weighted by molar-refractivity contribution is 7.80. The van der Waals surface area contributed by atoms with Crippen LogP contribution >= 0.6 is 12.6 Å². The zero-order valence-electron chi connectivity index (χ0n) is 10.9. The fourth-order valence-electron chi connectivity index (χ4n) is 1.64. The maximum atomic E-state index is 11.8. The van der Waals surface area contributed by atoms with E-state index in [9.17, 15) is 14.9 Å². The van der Waals surface area contributed by atoms with Gasteiger partial charge in [0.05, 0.1) is 10.6 Å². The molecule has 0 radical (unpaired) electrons. The van der Waals surface area contributed by atoms with Crippen LogP contribution in [0.4, 0.5) is 11.4 Å². The number of hydrogen-bond donors (Lipinski definition) is 2. The van der Waals surface area contributed by atoms with Crippen LogP contribution in [0.2, 0.25) is 0 Å². The number of nitro groups is 1. The Morgan fingerprint density at radius 2 is 1.86 bits per heavy atom. The average molecular weight is 304 g/mol. The van der Waals surface area contributed by atoms with Gasteiger partial charge in [-0.25, -0.2) is 0 Å². The Kier molecular flexibility index (Phi) is 4.78. The van der Waals surface area contributed by atoms with Crippen molar-refractivity contribution in [1.29, 1.82) is 0 Å². The minimum Gasteiger partial charge on any atom is -0.477 e. The van der Waals surface area contributed by atoms with Crippen LogP contribution in [0.15, 0.2) is 53.4 Å². The van der Waals surface area contributed by atoms with Gasteiger partial charge in [-0.15, -0.1) is 12.6 Å². The quantitative estimate of drug-likeness (QED) is 0.505. The zero-order valence-corrected chi connectivity index (χ0v) is 11.7. The lowest BCUT2D eigenvalue weighted by Crippen LogP contribution is -2.20. The molecule has 1 N–H and O–H groups in total. The molecule has 0 aliphatic rings. The van der Waals surface area contributed by atoms with E-state index in [1.54, 1.807) is 30.3 Å². The van der Waals surface area contributed by atoms with Crippen molar-refractivity contribution >= 4 is 29.9 Å². The number of nitrogens with zero attached hydrogens (tertiary/aromatic N) is 1. The molecule has 1 amide bonds. The summed E-state index contributed by atoms with van der Waals surface area (Å²) >= 11 is 4.21. The standard InChI is InChI=1S/C14H12N2O4S/c17-14(15-10-5-1-4-8-13(10)21)9-20-12-7-3-2-6-11(12)16(18)19/h1-8,21H,9H2,(H,15,17). The van der Waals surface area contributed by atoms with E-state index >= 15 is 0 Å². The summed E-state index contributed by atoms with van der Waals surface area (Å²) < 4.78 is 5.19. The maximum absolute atomic E-state index is 11.8. The van der Waals surface area contributed by atoms with Crippen molar-refractivity contribution < 1.29 is 14.5 Å². The van der Waals surface area contributed by atoms with E-state index in [0.29, 0.717) is 10.6 Å². The number of carbonyl (C=O) groups excluding carboxylic acids is 1. The van der Waals surface area contributed by atoms with Gasteiger partial charge in [0.25, 0.3) is 5.91 Å². The molecule has 0 saturated carbocycles. The van der Waals surface area contributed by atoms with Gasteiger partial charge in [-0.05, 0) is 18.2 Å². The summed E-state index contributed by atoms with van der Waals surface area (Å²) in [4.78, 5) is 22.7. The SMILES string of the molecule is O=C(COc1ccccc1[N+](=O)[O-])Nc1ccccc1S. The summed E-state index contributed by atoms with van der Waals surface area (Å²) in [6.45, 7) is -0.326. The number of rotatable bonds is 5. The first-order valence-electron chi connectivity index (χ1n) is 6.02. The Bertz CT molecular complexity index is 676. The number of para-hydroxylation sites is 3. The van der Waals surface area contributed by atoms with Crippen molar-refractivity contribution in [3.8, 4) is 5.75 Å². The van der Waals surface area contributed by atoms with Crippen molar-refractivity contribution in [3.05, 3.63) is 58.6 Å². The van der Waals surface area contributed by atoms with Gasteiger partial charge in [0.1, 0.15) is 0 Å². The predicted octanol–water partition coefficient (Wildman–Crippen LogP) is 2.90. The lowest BCUT2D eigenvalue weighted by molar-refractivity contribution is -0.385. The largest absolute Gasteiger partial charge is 0.477 e. The molecule has 0 atom stereocenters. The van der Waals surface area contributed by atoms with E-state index in [0.717, 1.165) is 0 Å². The van der Waals surface area contributed by atoms with Crippen LogP contribution in [0.1, 0.15) is 0 Å². The van der Waals surface area contributed by atoms with E-state index in [-0.39, 0.29) is 18.0 Å². The molecule has 2 rings (SSSR count). The third-order valence-corrected chi connectivity index (χ3v) is 2.99. The third kappa shape index (κ3) is 3.96. The maximum Gasteiger partial charge on any atom is 0.310 e. The van der Waals surface area contributed by atoms with Crippen LogP contribution in [-0.2, 0) is 4.79 Å². The molecule has 0 aromatic heterocycles. The third-order valence-electron chi connectivity index (χ3n) is 2.60. The molecule has 0 fully saturated rings. The van der Waals surface area contributed by atoms with Crippen molar-refractivity contribution in [2.24, 2.45) is 0 Å². The first kappa shape index (κ1) is 14.9. The van der Waals surface area contributed by atoms with E-state index in [1.165, 1.54) is 18.2 Å². The van der Waals surface area contributed by atoms with Crippen molar-refractivity contribution in [2.75, 3.05) is 11.9 Å². The average Bonchev–Trinajstić information content (AvgIpc) is 2.48. The molecule has 0 saturated heterocycles. The van der Waals surface area contributed by atoms with Gasteiger partial charge >= 0.3 is 5.69 Å². The molecule has 2 aromatic rings. The molecule has 0 spiro atoms. The molecule has 0 bridgehead atoms. The number of thiol groups is 1. The Hall–Kier alpha value is -2.54. The number of hydrogen-bond acceptors (Lipinski definition) is 5. The number of nitro benzene ring substituents is 1. The summed E-state index contributed by atoms with van der Waals surface area (Å²) in [5, 5.41) is 13.4. The summed E-state index contributed by atoms with van der Waals surface area (Å²) in [6.07, 6.45) is 0. The predicted molar refractivity (Wildman–Crippen MR) is 80.9 cm³/mol. The number of ether oxygens (including phenoxy) is 1. The van der Waals surface area contributed by atoms with E-state index in [2.05, 4.69) is 17.9 Å². The number of amides is 1. The van der Waals surface area contributed by atoms with Gasteiger partial charge in [-0.1, -0.05) is 24.3 Å². The van der Waals surface area contributed by atoms with Gasteiger partial charge in [-0.3, -0.25) is 14.9 Å². The van der Waals surface area contributed by atoms with Crippen molar-refractivity contribution in [2.45, 2.75) is 4.90 Å². The topological polar surface area (TPSA) is 81.5 Å². The molecule has 2 aromatic carbocycles. The fourth-order valence-corrected chi connectivity index (χ4v) is 1.86.